The highest BCUT2D eigenvalue weighted by atomic mass is 35.5. The fourth-order valence-electron chi connectivity index (χ4n) is 3.93. The van der Waals surface area contributed by atoms with Crippen LogP contribution in [0.5, 0.6) is 11.5 Å². The Morgan fingerprint density at radius 2 is 2.11 bits per heavy atom. The van der Waals surface area contributed by atoms with Gasteiger partial charge >= 0.3 is 5.69 Å². The summed E-state index contributed by atoms with van der Waals surface area (Å²) in [4.78, 5) is 19.9. The van der Waals surface area contributed by atoms with Crippen molar-refractivity contribution in [3.8, 4) is 17.6 Å². The van der Waals surface area contributed by atoms with Crippen molar-refractivity contribution in [2.45, 2.75) is 19.1 Å². The van der Waals surface area contributed by atoms with Crippen LogP contribution in [0, 0.1) is 21.4 Å². The van der Waals surface area contributed by atoms with Gasteiger partial charge in [0.1, 0.15) is 24.5 Å². The zero-order valence-corrected chi connectivity index (χ0v) is 20.1. The summed E-state index contributed by atoms with van der Waals surface area (Å²) in [6, 6.07) is 15.6. The van der Waals surface area contributed by atoms with Crippen LogP contribution in [-0.4, -0.2) is 34.2 Å². The number of fused-ring (bicyclic) bond motifs is 1. The lowest BCUT2D eigenvalue weighted by molar-refractivity contribution is -0.385. The van der Waals surface area contributed by atoms with Crippen molar-refractivity contribution in [3.05, 3.63) is 87.3 Å². The number of nitro benzene ring substituents is 1. The molecule has 2 aromatic carbocycles. The van der Waals surface area contributed by atoms with Crippen LogP contribution in [0.2, 0.25) is 5.02 Å². The average molecular weight is 518 g/mol. The largest absolute Gasteiger partial charge is 0.486 e. The number of nitrogens with one attached hydrogen (secondary N) is 1. The topological polar surface area (TPSA) is 132 Å². The lowest BCUT2D eigenvalue weighted by atomic mass is 10.1. The highest BCUT2D eigenvalue weighted by molar-refractivity contribution is 6.32. The molecule has 0 amide bonds. The summed E-state index contributed by atoms with van der Waals surface area (Å²) in [6.07, 6.45) is 3.46. The summed E-state index contributed by atoms with van der Waals surface area (Å²) in [7, 11) is 0. The number of nitro groups is 1. The molecule has 2 aromatic heterocycles. The molecule has 3 heterocycles. The van der Waals surface area contributed by atoms with Gasteiger partial charge < -0.3 is 19.5 Å². The molecular formula is C26H20ClN5O5. The normalized spacial score (nSPS) is 14.8. The molecule has 11 heteroatoms. The Morgan fingerprint density at radius 3 is 2.81 bits per heavy atom. The second-order valence-corrected chi connectivity index (χ2v) is 8.64. The number of rotatable bonds is 8. The number of nitrogens with zero attached hydrogens (tertiary/aromatic N) is 4. The third-order valence-electron chi connectivity index (χ3n) is 5.75. The molecule has 4 aromatic rings. The molecule has 0 saturated carbocycles. The van der Waals surface area contributed by atoms with E-state index in [-0.39, 0.29) is 29.7 Å². The summed E-state index contributed by atoms with van der Waals surface area (Å²) < 4.78 is 16.9. The molecule has 1 aliphatic rings. The van der Waals surface area contributed by atoms with Crippen molar-refractivity contribution in [3.63, 3.8) is 0 Å². The highest BCUT2D eigenvalue weighted by Gasteiger charge is 2.25. The number of aromatic nitrogens is 2. The van der Waals surface area contributed by atoms with Gasteiger partial charge in [-0.3, -0.25) is 20.1 Å². The van der Waals surface area contributed by atoms with Crippen LogP contribution < -0.4 is 14.8 Å². The van der Waals surface area contributed by atoms with Gasteiger partial charge in [-0.1, -0.05) is 17.7 Å². The maximum absolute atomic E-state index is 11.9. The van der Waals surface area contributed by atoms with E-state index in [2.05, 4.69) is 21.4 Å². The number of nitriles is 1. The zero-order chi connectivity index (χ0) is 25.8. The van der Waals surface area contributed by atoms with E-state index in [0.717, 1.165) is 5.69 Å². The van der Waals surface area contributed by atoms with Crippen molar-refractivity contribution in [1.82, 2.24) is 9.97 Å². The fraction of sp³-hybridized carbons (Fsp3) is 0.192. The van der Waals surface area contributed by atoms with E-state index < -0.39 is 4.92 Å². The fourth-order valence-corrected chi connectivity index (χ4v) is 4.16. The van der Waals surface area contributed by atoms with Crippen LogP contribution in [-0.2, 0) is 11.3 Å². The number of anilines is 2. The molecule has 10 nitrogen and oxygen atoms in total. The summed E-state index contributed by atoms with van der Waals surface area (Å²) in [6.45, 7) is 1.16. The number of ether oxygens (including phenoxy) is 3. The van der Waals surface area contributed by atoms with Crippen LogP contribution in [0.3, 0.4) is 0 Å². The van der Waals surface area contributed by atoms with Gasteiger partial charge in [-0.15, -0.1) is 0 Å². The van der Waals surface area contributed by atoms with Crippen LogP contribution in [0.25, 0.3) is 10.9 Å². The Bertz CT molecular complexity index is 1500. The Kier molecular flexibility index (Phi) is 6.98. The molecule has 0 radical (unpaired) electrons. The van der Waals surface area contributed by atoms with Crippen molar-refractivity contribution in [1.29, 1.82) is 5.26 Å². The van der Waals surface area contributed by atoms with Crippen molar-refractivity contribution < 1.29 is 19.1 Å². The quantitative estimate of drug-likeness (QED) is 0.236. The molecule has 1 fully saturated rings. The lowest BCUT2D eigenvalue weighted by Gasteiger charge is -2.15. The first kappa shape index (κ1) is 24.2. The summed E-state index contributed by atoms with van der Waals surface area (Å²) in [5.74, 6) is 0.569. The van der Waals surface area contributed by atoms with Crippen LogP contribution >= 0.6 is 11.6 Å². The average Bonchev–Trinajstić information content (AvgIpc) is 3.41. The van der Waals surface area contributed by atoms with E-state index in [0.29, 0.717) is 52.7 Å². The molecule has 0 spiro atoms. The zero-order valence-electron chi connectivity index (χ0n) is 19.4. The first-order valence-corrected chi connectivity index (χ1v) is 11.7. The van der Waals surface area contributed by atoms with Gasteiger partial charge in [0.05, 0.1) is 45.6 Å². The Hall–Kier alpha value is -4.46. The van der Waals surface area contributed by atoms with Gasteiger partial charge in [0, 0.05) is 42.0 Å². The van der Waals surface area contributed by atoms with Gasteiger partial charge in [-0.2, -0.15) is 5.26 Å². The van der Waals surface area contributed by atoms with E-state index >= 15 is 0 Å². The Labute approximate surface area is 216 Å². The molecule has 37 heavy (non-hydrogen) atoms. The molecule has 0 bridgehead atoms. The molecule has 1 atom stereocenters. The molecule has 1 unspecified atom stereocenters. The van der Waals surface area contributed by atoms with Gasteiger partial charge in [0.25, 0.3) is 0 Å². The Morgan fingerprint density at radius 1 is 1.22 bits per heavy atom. The summed E-state index contributed by atoms with van der Waals surface area (Å²) >= 11 is 6.44. The third-order valence-corrected chi connectivity index (χ3v) is 6.05. The minimum absolute atomic E-state index is 0.105. The number of hydrogen-bond donors (Lipinski definition) is 1. The smallest absolute Gasteiger partial charge is 0.311 e. The second-order valence-electron chi connectivity index (χ2n) is 8.24. The monoisotopic (exact) mass is 517 g/mol. The first-order chi connectivity index (χ1) is 18.0. The van der Waals surface area contributed by atoms with Crippen LogP contribution in [0.15, 0.2) is 60.9 Å². The minimum atomic E-state index is -0.516. The van der Waals surface area contributed by atoms with Gasteiger partial charge in [-0.05, 0) is 30.3 Å². The number of pyridine rings is 2. The van der Waals surface area contributed by atoms with Crippen LogP contribution in [0.4, 0.5) is 17.1 Å². The SMILES string of the molecule is N#Cc1cnc2cc(OC3CCOC3)c([N+](=O)[O-])cc2c1Nc1ccc(OCc2ccccn2)c(Cl)c1. The van der Waals surface area contributed by atoms with Gasteiger partial charge in [0.2, 0.25) is 0 Å². The molecule has 1 saturated heterocycles. The van der Waals surface area contributed by atoms with Crippen molar-refractivity contribution in [2.24, 2.45) is 0 Å². The van der Waals surface area contributed by atoms with Gasteiger partial charge in [0.15, 0.2) is 5.75 Å². The predicted molar refractivity (Wildman–Crippen MR) is 136 cm³/mol. The maximum atomic E-state index is 11.9. The van der Waals surface area contributed by atoms with E-state index in [1.54, 1.807) is 24.4 Å². The minimum Gasteiger partial charge on any atom is -0.486 e. The molecular weight excluding hydrogens is 498 g/mol. The van der Waals surface area contributed by atoms with E-state index in [1.165, 1.54) is 18.3 Å². The standard InChI is InChI=1S/C26H20ClN5O5/c27-21-9-17(4-5-24(21)36-14-18-3-1-2-7-29-18)31-26-16(12-28)13-30-22-11-25(37-19-6-8-35-15-19)23(32(33)34)10-20(22)26/h1-5,7,9-11,13,19H,6,8,14-15H2,(H,30,31). The van der Waals surface area contributed by atoms with Crippen molar-refractivity contribution >= 4 is 39.6 Å². The third kappa shape index (κ3) is 5.38. The molecule has 186 valence electrons. The summed E-state index contributed by atoms with van der Waals surface area (Å²) in [5, 5.41) is 25.5. The molecule has 0 aliphatic carbocycles. The van der Waals surface area contributed by atoms with Gasteiger partial charge in [-0.25, -0.2) is 0 Å². The van der Waals surface area contributed by atoms with E-state index in [1.807, 2.05) is 18.2 Å². The number of hydrogen-bond acceptors (Lipinski definition) is 9. The molecule has 1 N–H and O–H groups in total. The Balaban J connectivity index is 1.46. The van der Waals surface area contributed by atoms with Crippen LogP contribution in [0.1, 0.15) is 17.7 Å². The lowest BCUT2D eigenvalue weighted by Crippen LogP contribution is -2.16. The van der Waals surface area contributed by atoms with E-state index in [9.17, 15) is 15.4 Å². The molecule has 1 aliphatic heterocycles. The summed E-state index contributed by atoms with van der Waals surface area (Å²) in [5.41, 5.74) is 2.10. The van der Waals surface area contributed by atoms with Crippen molar-refractivity contribution in [2.75, 3.05) is 18.5 Å². The highest BCUT2D eigenvalue weighted by Crippen LogP contribution is 2.38. The second kappa shape index (κ2) is 10.7. The number of halogens is 1. The molecule has 5 rings (SSSR count). The maximum Gasteiger partial charge on any atom is 0.311 e. The predicted octanol–water partition coefficient (Wildman–Crippen LogP) is 5.55. The first-order valence-electron chi connectivity index (χ1n) is 11.4. The van der Waals surface area contributed by atoms with E-state index in [4.69, 9.17) is 25.8 Å². The number of benzene rings is 2.